The van der Waals surface area contributed by atoms with Crippen LogP contribution in [0.25, 0.3) is 10.9 Å². The Labute approximate surface area is 185 Å². The Morgan fingerprint density at radius 1 is 0.871 bits per heavy atom. The second kappa shape index (κ2) is 13.3. The number of unbranched alkanes of at least 4 members (excludes halogenated alkanes) is 3. The monoisotopic (exact) mass is 439 g/mol. The first-order valence-electron chi connectivity index (χ1n) is 11.1. The second-order valence-corrected chi connectivity index (χ2v) is 8.52. The van der Waals surface area contributed by atoms with Crippen molar-refractivity contribution >= 4 is 19.2 Å². The number of benzene rings is 2. The molecular weight excluding hydrogens is 407 g/mol. The largest absolute Gasteiger partial charge is 0.694 e. The molecule has 1 heterocycles. The van der Waals surface area contributed by atoms with Gasteiger partial charge in [0.1, 0.15) is 6.61 Å². The van der Waals surface area contributed by atoms with Gasteiger partial charge in [-0.1, -0.05) is 61.4 Å². The van der Waals surface area contributed by atoms with Gasteiger partial charge in [0.2, 0.25) is 0 Å². The van der Waals surface area contributed by atoms with Crippen LogP contribution in [0.1, 0.15) is 48.8 Å². The Kier molecular flexibility index (Phi) is 10.1. The fourth-order valence-electron chi connectivity index (χ4n) is 3.86. The molecule has 164 valence electrons. The molecule has 2 N–H and O–H groups in total. The summed E-state index contributed by atoms with van der Waals surface area (Å²) in [5.74, 6) is 0. The van der Waals surface area contributed by atoms with Crippen molar-refractivity contribution in [3.63, 3.8) is 0 Å². The van der Waals surface area contributed by atoms with Crippen LogP contribution in [0.15, 0.2) is 60.8 Å². The molecule has 0 aliphatic carbocycles. The molecule has 6 heteroatoms. The SMILES string of the molecule is O=[P+](O)OCCCNCc1ccc(CCCCCCc2ccccc2)c2cccnc12. The minimum atomic E-state index is -2.50. The summed E-state index contributed by atoms with van der Waals surface area (Å²) in [6, 6.07) is 19.3. The van der Waals surface area contributed by atoms with Crippen molar-refractivity contribution < 1.29 is 14.0 Å². The summed E-state index contributed by atoms with van der Waals surface area (Å²) in [6.07, 6.45) is 9.75. The van der Waals surface area contributed by atoms with Gasteiger partial charge in [-0.2, -0.15) is 0 Å². The number of aromatic nitrogens is 1. The molecule has 0 saturated heterocycles. The molecule has 0 spiro atoms. The number of hydrogen-bond acceptors (Lipinski definition) is 4. The highest BCUT2D eigenvalue weighted by molar-refractivity contribution is 7.32. The van der Waals surface area contributed by atoms with Crippen LogP contribution < -0.4 is 5.32 Å². The second-order valence-electron chi connectivity index (χ2n) is 7.78. The molecular formula is C25H32N2O3P+. The Morgan fingerprint density at radius 3 is 2.45 bits per heavy atom. The minimum Gasteiger partial charge on any atom is -0.313 e. The highest BCUT2D eigenvalue weighted by Gasteiger charge is 2.10. The summed E-state index contributed by atoms with van der Waals surface area (Å²) in [4.78, 5) is 13.3. The topological polar surface area (TPSA) is 71.5 Å². The van der Waals surface area contributed by atoms with Crippen LogP contribution in [-0.4, -0.2) is 23.0 Å². The number of pyridine rings is 1. The lowest BCUT2D eigenvalue weighted by molar-refractivity contribution is 0.276. The van der Waals surface area contributed by atoms with E-state index in [1.165, 1.54) is 54.2 Å². The Bertz CT molecular complexity index is 950. The summed E-state index contributed by atoms with van der Waals surface area (Å²) < 4.78 is 15.2. The molecule has 3 aromatic rings. The van der Waals surface area contributed by atoms with Crippen molar-refractivity contribution in [2.24, 2.45) is 0 Å². The van der Waals surface area contributed by atoms with E-state index in [-0.39, 0.29) is 6.61 Å². The number of nitrogens with zero attached hydrogens (tertiary/aromatic N) is 1. The maximum Gasteiger partial charge on any atom is 0.694 e. The van der Waals surface area contributed by atoms with Crippen LogP contribution in [0.4, 0.5) is 0 Å². The number of nitrogens with one attached hydrogen (secondary N) is 1. The summed E-state index contributed by atoms with van der Waals surface area (Å²) in [7, 11) is -2.50. The molecule has 31 heavy (non-hydrogen) atoms. The lowest BCUT2D eigenvalue weighted by Crippen LogP contribution is -2.16. The van der Waals surface area contributed by atoms with Gasteiger partial charge in [0, 0.05) is 22.7 Å². The van der Waals surface area contributed by atoms with E-state index in [0.29, 0.717) is 6.42 Å². The average Bonchev–Trinajstić information content (AvgIpc) is 2.79. The number of hydrogen-bond donors (Lipinski definition) is 2. The van der Waals surface area contributed by atoms with Crippen LogP contribution in [0.2, 0.25) is 0 Å². The molecule has 0 aliphatic rings. The molecule has 0 saturated carbocycles. The maximum absolute atomic E-state index is 10.5. The standard InChI is InChI=1S/C25H31N2O3P/c28-31(29)30-19-9-17-26-20-23-16-15-22(24-14-8-18-27-25(23)24)13-7-2-1-4-10-21-11-5-3-6-12-21/h3,5-6,8,11-12,14-16,18,26H,1-2,4,7,9-10,13,17,19-20H2/p+1. The molecule has 2 aromatic carbocycles. The summed E-state index contributed by atoms with van der Waals surface area (Å²) in [5.41, 5.74) is 5.04. The molecule has 0 aliphatic heterocycles. The van der Waals surface area contributed by atoms with Crippen molar-refractivity contribution in [3.05, 3.63) is 77.5 Å². The Balaban J connectivity index is 1.44. The quantitative estimate of drug-likeness (QED) is 0.248. The third kappa shape index (κ3) is 8.12. The molecule has 1 aromatic heterocycles. The zero-order chi connectivity index (χ0) is 21.7. The van der Waals surface area contributed by atoms with Crippen molar-refractivity contribution in [2.75, 3.05) is 13.2 Å². The summed E-state index contributed by atoms with van der Waals surface area (Å²) in [5, 5.41) is 4.61. The molecule has 0 bridgehead atoms. The zero-order valence-electron chi connectivity index (χ0n) is 18.0. The molecule has 0 fully saturated rings. The third-order valence-electron chi connectivity index (χ3n) is 5.46. The van der Waals surface area contributed by atoms with Crippen LogP contribution in [-0.2, 0) is 28.5 Å². The average molecular weight is 440 g/mol. The van der Waals surface area contributed by atoms with Crippen molar-refractivity contribution in [3.8, 4) is 0 Å². The first kappa shape index (κ1) is 23.5. The maximum atomic E-state index is 10.5. The van der Waals surface area contributed by atoms with Crippen molar-refractivity contribution in [2.45, 2.75) is 51.5 Å². The summed E-state index contributed by atoms with van der Waals surface area (Å²) in [6.45, 7) is 1.72. The molecule has 0 amide bonds. The van der Waals surface area contributed by atoms with Gasteiger partial charge in [0.05, 0.1) is 5.52 Å². The van der Waals surface area contributed by atoms with E-state index in [1.54, 1.807) is 0 Å². The van der Waals surface area contributed by atoms with Gasteiger partial charge in [-0.3, -0.25) is 4.98 Å². The minimum absolute atomic E-state index is 0.280. The van der Waals surface area contributed by atoms with E-state index >= 15 is 0 Å². The molecule has 1 atom stereocenters. The molecule has 3 rings (SSSR count). The number of rotatable bonds is 14. The van der Waals surface area contributed by atoms with Gasteiger partial charge in [0.25, 0.3) is 0 Å². The fraction of sp³-hybridized carbons (Fsp3) is 0.400. The van der Waals surface area contributed by atoms with E-state index < -0.39 is 8.25 Å². The van der Waals surface area contributed by atoms with Gasteiger partial charge in [0.15, 0.2) is 0 Å². The van der Waals surface area contributed by atoms with E-state index in [2.05, 4.69) is 63.4 Å². The van der Waals surface area contributed by atoms with Crippen LogP contribution in [0.3, 0.4) is 0 Å². The Hall–Kier alpha value is -2.17. The third-order valence-corrected chi connectivity index (χ3v) is 5.87. The predicted octanol–water partition coefficient (Wildman–Crippen LogP) is 5.73. The van der Waals surface area contributed by atoms with Gasteiger partial charge < -0.3 is 5.32 Å². The van der Waals surface area contributed by atoms with E-state index in [1.807, 2.05) is 12.3 Å². The lowest BCUT2D eigenvalue weighted by atomic mass is 9.98. The van der Waals surface area contributed by atoms with E-state index in [4.69, 9.17) is 4.89 Å². The summed E-state index contributed by atoms with van der Waals surface area (Å²) >= 11 is 0. The number of fused-ring (bicyclic) bond motifs is 1. The van der Waals surface area contributed by atoms with Gasteiger partial charge in [-0.15, -0.1) is 9.42 Å². The fourth-order valence-corrected chi connectivity index (χ4v) is 4.14. The molecule has 5 nitrogen and oxygen atoms in total. The smallest absolute Gasteiger partial charge is 0.313 e. The molecule has 1 unspecified atom stereocenters. The van der Waals surface area contributed by atoms with Crippen LogP contribution in [0, 0.1) is 0 Å². The number of aryl methyl sites for hydroxylation is 2. The van der Waals surface area contributed by atoms with Gasteiger partial charge in [-0.05, 0) is 61.4 Å². The zero-order valence-corrected chi connectivity index (χ0v) is 18.9. The Morgan fingerprint density at radius 2 is 1.65 bits per heavy atom. The predicted molar refractivity (Wildman–Crippen MR) is 126 cm³/mol. The first-order valence-corrected chi connectivity index (χ1v) is 12.3. The van der Waals surface area contributed by atoms with E-state index in [0.717, 1.165) is 25.0 Å². The van der Waals surface area contributed by atoms with Crippen LogP contribution >= 0.6 is 8.25 Å². The first-order chi connectivity index (χ1) is 15.2. The van der Waals surface area contributed by atoms with Crippen LogP contribution in [0.5, 0.6) is 0 Å². The van der Waals surface area contributed by atoms with E-state index in [9.17, 15) is 4.57 Å². The van der Waals surface area contributed by atoms with Crippen molar-refractivity contribution in [1.82, 2.24) is 10.3 Å². The highest BCUT2D eigenvalue weighted by atomic mass is 31.1. The molecule has 0 radical (unpaired) electrons. The lowest BCUT2D eigenvalue weighted by Gasteiger charge is -2.11. The van der Waals surface area contributed by atoms with Gasteiger partial charge in [-0.25, -0.2) is 0 Å². The highest BCUT2D eigenvalue weighted by Crippen LogP contribution is 2.23. The normalized spacial score (nSPS) is 11.7. The van der Waals surface area contributed by atoms with Crippen molar-refractivity contribution in [1.29, 1.82) is 0 Å². The van der Waals surface area contributed by atoms with Gasteiger partial charge >= 0.3 is 8.25 Å².